The van der Waals surface area contributed by atoms with Crippen LogP contribution in [0.5, 0.6) is 11.5 Å². The Hall–Kier alpha value is -2.85. The fourth-order valence-corrected chi connectivity index (χ4v) is 1.56. The first-order valence-electron chi connectivity index (χ1n) is 6.87. The van der Waals surface area contributed by atoms with E-state index in [9.17, 15) is 14.4 Å². The van der Waals surface area contributed by atoms with Gasteiger partial charge in [-0.25, -0.2) is 9.59 Å². The lowest BCUT2D eigenvalue weighted by molar-refractivity contribution is -0.137. The lowest BCUT2D eigenvalue weighted by Crippen LogP contribution is -2.12. The molecule has 1 aromatic carbocycles. The van der Waals surface area contributed by atoms with Crippen LogP contribution < -0.4 is 9.47 Å². The number of carbonyl (C=O) groups is 2. The van der Waals surface area contributed by atoms with Crippen LogP contribution in [0, 0.1) is 0 Å². The Kier molecular flexibility index (Phi) is 7.30. The van der Waals surface area contributed by atoms with Gasteiger partial charge in [0, 0.05) is 5.57 Å². The molecule has 0 spiro atoms. The molecule has 0 unspecified atom stereocenters. The van der Waals surface area contributed by atoms with Crippen molar-refractivity contribution in [1.29, 1.82) is 0 Å². The second-order valence-corrected chi connectivity index (χ2v) is 4.69. The molecule has 0 aromatic heterocycles. The molecule has 1 rings (SSSR count). The monoisotopic (exact) mass is 318 g/mol. The molecule has 23 heavy (non-hydrogen) atoms. The molecule has 6 heteroatoms. The zero-order valence-corrected chi connectivity index (χ0v) is 13.1. The highest BCUT2D eigenvalue weighted by atomic mass is 16.6. The van der Waals surface area contributed by atoms with Gasteiger partial charge in [-0.05, 0) is 25.5 Å². The number of rotatable bonds is 8. The van der Waals surface area contributed by atoms with Gasteiger partial charge in [-0.15, -0.1) is 0 Å². The number of hydrogen-bond donors (Lipinski definition) is 0. The van der Waals surface area contributed by atoms with Crippen molar-refractivity contribution < 1.29 is 28.6 Å². The Bertz CT molecular complexity index is 640. The number of para-hydroxylation sites is 2. The van der Waals surface area contributed by atoms with Crippen LogP contribution in [0.3, 0.4) is 0 Å². The first kappa shape index (κ1) is 18.2. The lowest BCUT2D eigenvalue weighted by atomic mass is 10.2. The largest absolute Gasteiger partial charge is 0.493 e. The van der Waals surface area contributed by atoms with Crippen molar-refractivity contribution >= 4 is 17.9 Å². The molecule has 0 atom stereocenters. The van der Waals surface area contributed by atoms with E-state index >= 15 is 0 Å². The third-order valence-electron chi connectivity index (χ3n) is 2.79. The number of ether oxygens (including phenoxy) is 3. The van der Waals surface area contributed by atoms with Gasteiger partial charge in [0.1, 0.15) is 12.5 Å². The van der Waals surface area contributed by atoms with Crippen molar-refractivity contribution in [3.8, 4) is 11.5 Å². The number of carbonyl (C=O) groups excluding carboxylic acids is 3. The van der Waals surface area contributed by atoms with Gasteiger partial charge in [-0.3, -0.25) is 4.79 Å². The Morgan fingerprint density at radius 3 is 2.39 bits per heavy atom. The zero-order valence-electron chi connectivity index (χ0n) is 13.1. The van der Waals surface area contributed by atoms with E-state index in [0.717, 1.165) is 0 Å². The topological polar surface area (TPSA) is 78.9 Å². The molecule has 0 saturated heterocycles. The molecule has 6 nitrogen and oxygen atoms in total. The molecular weight excluding hydrogens is 300 g/mol. The predicted molar refractivity (Wildman–Crippen MR) is 82.8 cm³/mol. The summed E-state index contributed by atoms with van der Waals surface area (Å²) in [6, 6.07) is 6.72. The Balaban J connectivity index is 2.49. The first-order valence-corrected chi connectivity index (χ1v) is 6.87. The molecule has 0 aliphatic carbocycles. The van der Waals surface area contributed by atoms with Crippen LogP contribution in [-0.4, -0.2) is 31.6 Å². The van der Waals surface area contributed by atoms with Gasteiger partial charge in [-0.2, -0.15) is 0 Å². The molecule has 0 bridgehead atoms. The average molecular weight is 318 g/mol. The average Bonchev–Trinajstić information content (AvgIpc) is 2.55. The molecule has 0 aliphatic heterocycles. The van der Waals surface area contributed by atoms with Crippen molar-refractivity contribution in [3.05, 3.63) is 42.0 Å². The first-order chi connectivity index (χ1) is 11.0. The molecule has 0 saturated carbocycles. The van der Waals surface area contributed by atoms with E-state index in [-0.39, 0.29) is 30.6 Å². The van der Waals surface area contributed by atoms with Gasteiger partial charge in [0.05, 0.1) is 19.1 Å². The van der Waals surface area contributed by atoms with E-state index in [2.05, 4.69) is 6.58 Å². The summed E-state index contributed by atoms with van der Waals surface area (Å²) in [5, 5.41) is 0. The Labute approximate surface area is 134 Å². The summed E-state index contributed by atoms with van der Waals surface area (Å²) in [6.07, 6.45) is 0.0359. The van der Waals surface area contributed by atoms with Gasteiger partial charge in [0.2, 0.25) is 0 Å². The van der Waals surface area contributed by atoms with E-state index in [1.807, 2.05) is 0 Å². The molecule has 122 valence electrons. The maximum Gasteiger partial charge on any atom is 0.333 e. The van der Waals surface area contributed by atoms with Gasteiger partial charge in [0.15, 0.2) is 11.5 Å². The molecule has 0 N–H and O–H groups in total. The van der Waals surface area contributed by atoms with Crippen LogP contribution in [0.1, 0.15) is 19.8 Å². The minimum atomic E-state index is -0.602. The number of benzene rings is 1. The summed E-state index contributed by atoms with van der Waals surface area (Å²) < 4.78 is 15.1. The number of methoxy groups -OCH3 is 1. The summed E-state index contributed by atoms with van der Waals surface area (Å²) in [5.74, 6) is 1.26. The van der Waals surface area contributed by atoms with Crippen molar-refractivity contribution in [3.63, 3.8) is 0 Å². The standard InChI is InChI=1S/C17H18O6/c1-12(2)17(20)22-11-13(10-18)8-9-16(19)23-15-7-5-4-6-14(15)21-3/h4-7H,1,8-9,11H2,2-3H3. The Morgan fingerprint density at radius 2 is 1.83 bits per heavy atom. The second-order valence-electron chi connectivity index (χ2n) is 4.69. The smallest absolute Gasteiger partial charge is 0.333 e. The molecule has 1 aromatic rings. The van der Waals surface area contributed by atoms with E-state index in [0.29, 0.717) is 11.5 Å². The highest BCUT2D eigenvalue weighted by molar-refractivity contribution is 5.87. The second kappa shape index (κ2) is 9.23. The molecule has 0 amide bonds. The van der Waals surface area contributed by atoms with Crippen LogP contribution in [0.25, 0.3) is 0 Å². The van der Waals surface area contributed by atoms with Gasteiger partial charge >= 0.3 is 11.9 Å². The van der Waals surface area contributed by atoms with E-state index in [4.69, 9.17) is 14.2 Å². The van der Waals surface area contributed by atoms with Crippen LogP contribution in [-0.2, 0) is 19.1 Å². The predicted octanol–water partition coefficient (Wildman–Crippen LogP) is 2.26. The lowest BCUT2D eigenvalue weighted by Gasteiger charge is -2.09. The van der Waals surface area contributed by atoms with Crippen LogP contribution in [0.4, 0.5) is 0 Å². The van der Waals surface area contributed by atoms with E-state index in [1.165, 1.54) is 14.0 Å². The van der Waals surface area contributed by atoms with Crippen LogP contribution >= 0.6 is 0 Å². The van der Waals surface area contributed by atoms with Crippen molar-refractivity contribution in [2.45, 2.75) is 19.8 Å². The number of esters is 2. The van der Waals surface area contributed by atoms with Crippen molar-refractivity contribution in [2.75, 3.05) is 13.7 Å². The van der Waals surface area contributed by atoms with Crippen LogP contribution in [0.15, 0.2) is 42.0 Å². The van der Waals surface area contributed by atoms with Crippen molar-refractivity contribution in [2.24, 2.45) is 0 Å². The third-order valence-corrected chi connectivity index (χ3v) is 2.79. The third kappa shape index (κ3) is 6.20. The maximum absolute atomic E-state index is 11.8. The highest BCUT2D eigenvalue weighted by Crippen LogP contribution is 2.26. The fourth-order valence-electron chi connectivity index (χ4n) is 1.56. The number of hydrogen-bond acceptors (Lipinski definition) is 6. The van der Waals surface area contributed by atoms with Gasteiger partial charge in [0.25, 0.3) is 0 Å². The minimum absolute atomic E-state index is 0.0484. The maximum atomic E-state index is 11.8. The van der Waals surface area contributed by atoms with Crippen LogP contribution in [0.2, 0.25) is 0 Å². The molecule has 0 heterocycles. The summed E-state index contributed by atoms with van der Waals surface area (Å²) >= 11 is 0. The molecule has 0 radical (unpaired) electrons. The fraction of sp³-hybridized carbons (Fsp3) is 0.294. The SMILES string of the molecule is C=C(C)C(=O)OCC(=C=O)CCC(=O)Oc1ccccc1OC. The van der Waals surface area contributed by atoms with E-state index < -0.39 is 11.9 Å². The zero-order chi connectivity index (χ0) is 17.2. The summed E-state index contributed by atoms with van der Waals surface area (Å²) in [7, 11) is 1.47. The molecule has 0 fully saturated rings. The summed E-state index contributed by atoms with van der Waals surface area (Å²) in [6.45, 7) is 4.70. The minimum Gasteiger partial charge on any atom is -0.493 e. The van der Waals surface area contributed by atoms with Gasteiger partial charge in [-0.1, -0.05) is 18.7 Å². The summed E-state index contributed by atoms with van der Waals surface area (Å²) in [4.78, 5) is 33.9. The quantitative estimate of drug-likeness (QED) is 0.317. The molecule has 0 aliphatic rings. The molecular formula is C17H18O6. The highest BCUT2D eigenvalue weighted by Gasteiger charge is 2.12. The van der Waals surface area contributed by atoms with Crippen molar-refractivity contribution in [1.82, 2.24) is 0 Å². The van der Waals surface area contributed by atoms with Gasteiger partial charge < -0.3 is 14.2 Å². The normalized spacial score (nSPS) is 9.48. The summed E-state index contributed by atoms with van der Waals surface area (Å²) in [5.41, 5.74) is 0.391. The Morgan fingerprint density at radius 1 is 1.17 bits per heavy atom. The van der Waals surface area contributed by atoms with E-state index in [1.54, 1.807) is 30.2 Å².